The molecule has 1 aliphatic heterocycles. The van der Waals surface area contributed by atoms with Crippen molar-refractivity contribution in [1.29, 1.82) is 0 Å². The Hall–Kier alpha value is -1.64. The van der Waals surface area contributed by atoms with Crippen molar-refractivity contribution in [1.82, 2.24) is 15.3 Å². The zero-order valence-electron chi connectivity index (χ0n) is 10.2. The summed E-state index contributed by atoms with van der Waals surface area (Å²) < 4.78 is 5.72. The van der Waals surface area contributed by atoms with Gasteiger partial charge in [0.2, 0.25) is 5.88 Å². The third-order valence-corrected chi connectivity index (χ3v) is 2.62. The van der Waals surface area contributed by atoms with Crippen molar-refractivity contribution < 1.29 is 9.84 Å². The van der Waals surface area contributed by atoms with Crippen LogP contribution in [0.3, 0.4) is 0 Å². The monoisotopic (exact) mass is 247 g/mol. The Morgan fingerprint density at radius 3 is 3.22 bits per heavy atom. The zero-order valence-corrected chi connectivity index (χ0v) is 10.2. The second kappa shape index (κ2) is 6.94. The van der Waals surface area contributed by atoms with E-state index in [9.17, 15) is 0 Å². The number of nitrogens with one attached hydrogen (secondary N) is 1. The molecule has 1 aromatic heterocycles. The van der Waals surface area contributed by atoms with Crippen molar-refractivity contribution in [3.05, 3.63) is 18.1 Å². The molecule has 5 heteroatoms. The zero-order chi connectivity index (χ0) is 12.6. The highest BCUT2D eigenvalue weighted by molar-refractivity contribution is 5.30. The summed E-state index contributed by atoms with van der Waals surface area (Å²) in [6, 6.07) is 1.75. The lowest BCUT2D eigenvalue weighted by Gasteiger charge is -2.10. The van der Waals surface area contributed by atoms with Gasteiger partial charge >= 0.3 is 0 Å². The molecular weight excluding hydrogens is 230 g/mol. The molecule has 1 fully saturated rings. The summed E-state index contributed by atoms with van der Waals surface area (Å²) in [7, 11) is 0. The second-order valence-corrected chi connectivity index (χ2v) is 4.10. The molecule has 0 amide bonds. The number of aromatic nitrogens is 2. The van der Waals surface area contributed by atoms with Gasteiger partial charge in [0.05, 0.1) is 0 Å². The van der Waals surface area contributed by atoms with E-state index in [0.29, 0.717) is 24.4 Å². The molecule has 2 N–H and O–H groups in total. The van der Waals surface area contributed by atoms with E-state index in [1.165, 1.54) is 6.33 Å². The average molecular weight is 247 g/mol. The average Bonchev–Trinajstić information content (AvgIpc) is 2.88. The molecule has 0 aromatic carbocycles. The molecule has 0 radical (unpaired) electrons. The predicted octanol–water partition coefficient (Wildman–Crippen LogP) is 0.341. The minimum absolute atomic E-state index is 0.168. The van der Waals surface area contributed by atoms with Crippen molar-refractivity contribution >= 4 is 0 Å². The molecule has 0 aliphatic carbocycles. The first-order valence-electron chi connectivity index (χ1n) is 6.17. The summed E-state index contributed by atoms with van der Waals surface area (Å²) in [6.45, 7) is 2.02. The number of hydrogen-bond donors (Lipinski definition) is 2. The van der Waals surface area contributed by atoms with Gasteiger partial charge in [-0.25, -0.2) is 9.97 Å². The number of aliphatic hydroxyl groups is 1. The minimum atomic E-state index is 0.168. The summed E-state index contributed by atoms with van der Waals surface area (Å²) >= 11 is 0. The fraction of sp³-hybridized carbons (Fsp3) is 0.538. The Morgan fingerprint density at radius 1 is 1.50 bits per heavy atom. The van der Waals surface area contributed by atoms with E-state index in [1.54, 1.807) is 6.07 Å². The van der Waals surface area contributed by atoms with Gasteiger partial charge in [-0.1, -0.05) is 5.92 Å². The highest BCUT2D eigenvalue weighted by atomic mass is 16.5. The van der Waals surface area contributed by atoms with Crippen LogP contribution in [0.25, 0.3) is 0 Å². The van der Waals surface area contributed by atoms with Gasteiger partial charge in [0.1, 0.15) is 18.1 Å². The molecule has 5 nitrogen and oxygen atoms in total. The SMILES string of the molecule is OCCCC#Cc1cc(OC2CCNC2)ncn1. The van der Waals surface area contributed by atoms with Crippen LogP contribution in [-0.2, 0) is 0 Å². The maximum absolute atomic E-state index is 8.65. The Bertz CT molecular complexity index is 433. The van der Waals surface area contributed by atoms with Gasteiger partial charge in [0, 0.05) is 25.6 Å². The van der Waals surface area contributed by atoms with Crippen molar-refractivity contribution in [2.24, 2.45) is 0 Å². The molecule has 1 atom stereocenters. The Morgan fingerprint density at radius 2 is 2.44 bits per heavy atom. The molecule has 1 aromatic rings. The van der Waals surface area contributed by atoms with E-state index in [1.807, 2.05) is 0 Å². The van der Waals surface area contributed by atoms with Crippen LogP contribution in [0.5, 0.6) is 5.88 Å². The molecule has 1 aliphatic rings. The van der Waals surface area contributed by atoms with Crippen molar-refractivity contribution in [2.75, 3.05) is 19.7 Å². The molecule has 0 bridgehead atoms. The fourth-order valence-corrected chi connectivity index (χ4v) is 1.69. The van der Waals surface area contributed by atoms with Crippen molar-refractivity contribution in [3.63, 3.8) is 0 Å². The van der Waals surface area contributed by atoms with Crippen LogP contribution in [0.2, 0.25) is 0 Å². The quantitative estimate of drug-likeness (QED) is 0.593. The molecule has 96 valence electrons. The van der Waals surface area contributed by atoms with Crippen LogP contribution < -0.4 is 10.1 Å². The number of hydrogen-bond acceptors (Lipinski definition) is 5. The number of ether oxygens (including phenoxy) is 1. The van der Waals surface area contributed by atoms with Crippen LogP contribution in [-0.4, -0.2) is 40.9 Å². The largest absolute Gasteiger partial charge is 0.473 e. The lowest BCUT2D eigenvalue weighted by Crippen LogP contribution is -2.20. The first kappa shape index (κ1) is 12.8. The topological polar surface area (TPSA) is 67.3 Å². The smallest absolute Gasteiger partial charge is 0.217 e. The van der Waals surface area contributed by atoms with Gasteiger partial charge < -0.3 is 15.2 Å². The molecule has 1 unspecified atom stereocenters. The van der Waals surface area contributed by atoms with Crippen LogP contribution in [0, 0.1) is 11.8 Å². The fourth-order valence-electron chi connectivity index (χ4n) is 1.69. The summed E-state index contributed by atoms with van der Waals surface area (Å²) in [4.78, 5) is 8.15. The number of nitrogens with zero attached hydrogens (tertiary/aromatic N) is 2. The van der Waals surface area contributed by atoms with Crippen molar-refractivity contribution in [3.8, 4) is 17.7 Å². The lowest BCUT2D eigenvalue weighted by molar-refractivity contribution is 0.213. The van der Waals surface area contributed by atoms with Gasteiger partial charge in [-0.2, -0.15) is 0 Å². The summed E-state index contributed by atoms with van der Waals surface area (Å²) in [6.07, 6.45) is 4.02. The molecule has 2 heterocycles. The molecular formula is C13H17N3O2. The standard InChI is InChI=1S/C13H17N3O2/c17-7-3-1-2-4-11-8-13(16-10-15-11)18-12-5-6-14-9-12/h8,10,12,14,17H,1,3,5-7,9H2. The van der Waals surface area contributed by atoms with Crippen LogP contribution >= 0.6 is 0 Å². The van der Waals surface area contributed by atoms with Crippen molar-refractivity contribution in [2.45, 2.75) is 25.4 Å². The Balaban J connectivity index is 1.93. The number of rotatable bonds is 4. The van der Waals surface area contributed by atoms with E-state index in [4.69, 9.17) is 9.84 Å². The highest BCUT2D eigenvalue weighted by Gasteiger charge is 2.16. The van der Waals surface area contributed by atoms with Crippen LogP contribution in [0.15, 0.2) is 12.4 Å². The summed E-state index contributed by atoms with van der Waals surface area (Å²) in [5, 5.41) is 11.9. The third-order valence-electron chi connectivity index (χ3n) is 2.62. The molecule has 0 spiro atoms. The third kappa shape index (κ3) is 3.99. The van der Waals surface area contributed by atoms with E-state index < -0.39 is 0 Å². The van der Waals surface area contributed by atoms with Gasteiger partial charge in [-0.05, 0) is 25.3 Å². The van der Waals surface area contributed by atoms with Crippen LogP contribution in [0.4, 0.5) is 0 Å². The maximum atomic E-state index is 8.65. The second-order valence-electron chi connectivity index (χ2n) is 4.10. The van der Waals surface area contributed by atoms with E-state index in [2.05, 4.69) is 27.1 Å². The lowest BCUT2D eigenvalue weighted by atomic mass is 10.3. The Kier molecular flexibility index (Phi) is 4.94. The van der Waals surface area contributed by atoms with E-state index in [0.717, 1.165) is 19.5 Å². The summed E-state index contributed by atoms with van der Waals surface area (Å²) in [5.74, 6) is 6.47. The van der Waals surface area contributed by atoms with Gasteiger partial charge in [-0.3, -0.25) is 0 Å². The number of unbranched alkanes of at least 4 members (excludes halogenated alkanes) is 1. The normalized spacial score (nSPS) is 18.2. The first-order valence-corrected chi connectivity index (χ1v) is 6.17. The first-order chi connectivity index (χ1) is 8.88. The van der Waals surface area contributed by atoms with E-state index in [-0.39, 0.29) is 12.7 Å². The Labute approximate surface area is 107 Å². The van der Waals surface area contributed by atoms with Gasteiger partial charge in [0.25, 0.3) is 0 Å². The summed E-state index contributed by atoms with van der Waals surface area (Å²) in [5.41, 5.74) is 0.656. The molecule has 18 heavy (non-hydrogen) atoms. The highest BCUT2D eigenvalue weighted by Crippen LogP contribution is 2.11. The van der Waals surface area contributed by atoms with Gasteiger partial charge in [-0.15, -0.1) is 0 Å². The predicted molar refractivity (Wildman–Crippen MR) is 67.1 cm³/mol. The maximum Gasteiger partial charge on any atom is 0.217 e. The van der Waals surface area contributed by atoms with E-state index >= 15 is 0 Å². The minimum Gasteiger partial charge on any atom is -0.473 e. The van der Waals surface area contributed by atoms with Gasteiger partial charge in [0.15, 0.2) is 0 Å². The molecule has 1 saturated heterocycles. The van der Waals surface area contributed by atoms with Crippen LogP contribution in [0.1, 0.15) is 25.0 Å². The molecule has 2 rings (SSSR count). The molecule has 0 saturated carbocycles. The number of aliphatic hydroxyl groups excluding tert-OH is 1.